The fraction of sp³-hybridized carbons (Fsp3) is 0.805. The first-order chi connectivity index (χ1) is 25.1. The van der Waals surface area contributed by atoms with Gasteiger partial charge in [0.2, 0.25) is 0 Å². The van der Waals surface area contributed by atoms with E-state index in [2.05, 4.69) is 65.9 Å². The monoisotopic (exact) mass is 791 g/mol. The van der Waals surface area contributed by atoms with Crippen molar-refractivity contribution in [1.29, 1.82) is 0 Å². The number of halogens is 2. The number of terminal acetylenes is 1. The maximum atomic E-state index is 11.8. The number of hydrazine groups is 1. The van der Waals surface area contributed by atoms with Crippen molar-refractivity contribution in [3.8, 4) is 12.8 Å². The van der Waals surface area contributed by atoms with E-state index in [4.69, 9.17) is 27.9 Å². The summed E-state index contributed by atoms with van der Waals surface area (Å²) >= 11 is 6.31. The number of aliphatic imine (C=N–C) groups is 1. The Hall–Kier alpha value is -1.41. The van der Waals surface area contributed by atoms with Gasteiger partial charge in [-0.1, -0.05) is 72.7 Å². The molecule has 2 aliphatic heterocycles. The van der Waals surface area contributed by atoms with Gasteiger partial charge in [0.05, 0.1) is 11.0 Å². The van der Waals surface area contributed by atoms with Crippen LogP contribution in [0.1, 0.15) is 128 Å². The maximum Gasteiger partial charge on any atom is 0.377 e. The van der Waals surface area contributed by atoms with Crippen LogP contribution >= 0.6 is 20.2 Å². The van der Waals surface area contributed by atoms with Crippen molar-refractivity contribution in [2.75, 3.05) is 45.9 Å². The molecule has 0 radical (unpaired) electrons. The highest BCUT2D eigenvalue weighted by Crippen LogP contribution is 2.32. The molecule has 9 nitrogen and oxygen atoms in total. The lowest BCUT2D eigenvalue weighted by molar-refractivity contribution is -0.208. The summed E-state index contributed by atoms with van der Waals surface area (Å²) in [5, 5.41) is 6.67. The molecular formula is C41H81ClFN6O3P. The third-order valence-electron chi connectivity index (χ3n) is 8.83. The number of hydrogen-bond acceptors (Lipinski definition) is 9. The number of ether oxygens (including phenoxy) is 1. The number of hydrogen-bond donors (Lipinski definition) is 3. The fourth-order valence-corrected chi connectivity index (χ4v) is 6.67. The predicted molar refractivity (Wildman–Crippen MR) is 232 cm³/mol. The Morgan fingerprint density at radius 1 is 1.17 bits per heavy atom. The van der Waals surface area contributed by atoms with E-state index in [1.165, 1.54) is 51.0 Å². The molecule has 0 saturated carbocycles. The van der Waals surface area contributed by atoms with Crippen molar-refractivity contribution in [1.82, 2.24) is 15.2 Å². The van der Waals surface area contributed by atoms with Gasteiger partial charge in [0.25, 0.3) is 0 Å². The molecule has 12 heteroatoms. The summed E-state index contributed by atoms with van der Waals surface area (Å²) < 4.78 is 17.2. The molecule has 0 amide bonds. The van der Waals surface area contributed by atoms with Gasteiger partial charge in [0.15, 0.2) is 6.10 Å². The molecule has 4 unspecified atom stereocenters. The predicted octanol–water partition coefficient (Wildman–Crippen LogP) is 8.86. The largest absolute Gasteiger partial charge is 0.377 e. The minimum atomic E-state index is -0.950. The van der Waals surface area contributed by atoms with Crippen molar-refractivity contribution >= 4 is 32.4 Å². The van der Waals surface area contributed by atoms with Gasteiger partial charge in [-0.15, -0.1) is 24.4 Å². The van der Waals surface area contributed by atoms with Crippen LogP contribution in [0.5, 0.6) is 0 Å². The highest BCUT2D eigenvalue weighted by molar-refractivity contribution is 7.43. The molecule has 2 rings (SSSR count). The molecule has 0 aromatic heterocycles. The van der Waals surface area contributed by atoms with Gasteiger partial charge < -0.3 is 15.8 Å². The molecule has 2 aliphatic rings. The second-order valence-electron chi connectivity index (χ2n) is 14.5. The van der Waals surface area contributed by atoms with Crippen molar-refractivity contribution < 1.29 is 19.0 Å². The molecule has 0 spiro atoms. The molecule has 0 aliphatic carbocycles. The van der Waals surface area contributed by atoms with E-state index in [1.807, 2.05) is 68.7 Å². The van der Waals surface area contributed by atoms with Crippen molar-refractivity contribution in [3.63, 3.8) is 0 Å². The number of nitrogens with two attached hydrogens (primary N) is 2. The number of piperidine rings is 1. The van der Waals surface area contributed by atoms with E-state index in [-0.39, 0.29) is 17.5 Å². The molecule has 5 N–H and O–H groups in total. The van der Waals surface area contributed by atoms with E-state index in [1.54, 1.807) is 10.3 Å². The molecule has 0 aromatic carbocycles. The van der Waals surface area contributed by atoms with Gasteiger partial charge in [-0.2, -0.15) is 0 Å². The van der Waals surface area contributed by atoms with Crippen LogP contribution in [-0.4, -0.2) is 97.3 Å². The molecule has 2 saturated heterocycles. The van der Waals surface area contributed by atoms with Crippen molar-refractivity contribution in [3.05, 3.63) is 23.0 Å². The summed E-state index contributed by atoms with van der Waals surface area (Å²) in [4.78, 5) is 21.3. The summed E-state index contributed by atoms with van der Waals surface area (Å²) in [5.41, 5.74) is 6.52. The number of carbonyl (C=O) groups excluding carboxylic acids is 1. The number of nitrogens with one attached hydrogen (secondary N) is 1. The number of carbonyl (C=O) groups is 1. The smallest absolute Gasteiger partial charge is 0.361 e. The molecular weight excluding hydrogens is 710 g/mol. The number of likely N-dealkylation sites (tertiary alicyclic amines) is 1. The first-order valence-electron chi connectivity index (χ1n) is 19.8. The van der Waals surface area contributed by atoms with Crippen LogP contribution in [0.25, 0.3) is 0 Å². The molecule has 2 heterocycles. The summed E-state index contributed by atoms with van der Waals surface area (Å²) in [7, 11) is 2.70. The second-order valence-corrected chi connectivity index (χ2v) is 16.5. The quantitative estimate of drug-likeness (QED) is 0.0184. The Kier molecular flexibility index (Phi) is 37.0. The lowest BCUT2D eigenvalue weighted by atomic mass is 9.92. The molecule has 0 aromatic rings. The van der Waals surface area contributed by atoms with Gasteiger partial charge in [0, 0.05) is 36.9 Å². The number of alkyl halides is 1. The minimum Gasteiger partial charge on any atom is -0.361 e. The third-order valence-corrected chi connectivity index (χ3v) is 10.9. The zero-order chi connectivity index (χ0) is 41.4. The Bertz CT molecular complexity index is 992. The van der Waals surface area contributed by atoms with E-state index < -0.39 is 17.7 Å². The van der Waals surface area contributed by atoms with Gasteiger partial charge in [-0.25, -0.2) is 9.80 Å². The van der Waals surface area contributed by atoms with Gasteiger partial charge in [0.1, 0.15) is 6.17 Å². The zero-order valence-electron chi connectivity index (χ0n) is 35.7. The molecule has 312 valence electrons. The third kappa shape index (κ3) is 29.5. The van der Waals surface area contributed by atoms with Crippen LogP contribution in [-0.2, 0) is 14.5 Å². The number of nitrogens with zero attached hydrogens (tertiary/aromatic N) is 3. The summed E-state index contributed by atoms with van der Waals surface area (Å²) in [6, 6.07) is 0.846. The summed E-state index contributed by atoms with van der Waals surface area (Å²) in [5.74, 6) is 5.54. The normalized spacial score (nSPS) is 17.6. The zero-order valence-corrected chi connectivity index (χ0v) is 37.5. The minimum absolute atomic E-state index is 0.0496. The highest BCUT2D eigenvalue weighted by atomic mass is 35.5. The second kappa shape index (κ2) is 35.0. The molecule has 53 heavy (non-hydrogen) atoms. The lowest BCUT2D eigenvalue weighted by Gasteiger charge is -2.42. The first-order valence-corrected chi connectivity index (χ1v) is 21.4. The molecule has 2 fully saturated rings. The van der Waals surface area contributed by atoms with Crippen molar-refractivity contribution in [2.45, 2.75) is 157 Å². The standard InChI is InChI=1S/C17H33ClN3P.C10H19FO3.C10H21N3.C2H6.C2H2/c1-6-7-9-16(18)10-11-17(14(2)3)22-13-8-12-20-15(4)21(5)19;1-6-7(2)8(9(12)14-11)13-10(3,4)5;11-4-1-9-2-5-13(6-3-9)10-7-12-8-10;2*1-2/h7,9,12,15-16,22H,6,8,10-11,13,19H2,1-5H3;7-8H,6H2,1-5H3;9-10,12H,1-8,11H2;1-2H3;1-2H/b9-7-,20-12-;;;;/t;7?,8-;;;/m.0.../s1. The van der Waals surface area contributed by atoms with E-state index >= 15 is 0 Å². The summed E-state index contributed by atoms with van der Waals surface area (Å²) in [6.45, 7) is 27.6. The van der Waals surface area contributed by atoms with Crippen LogP contribution in [0, 0.1) is 24.7 Å². The lowest BCUT2D eigenvalue weighted by Crippen LogP contribution is -2.58. The van der Waals surface area contributed by atoms with Crippen LogP contribution < -0.4 is 16.9 Å². The number of allylic oxidation sites excluding steroid dienone is 4. The Morgan fingerprint density at radius 3 is 2.17 bits per heavy atom. The van der Waals surface area contributed by atoms with Gasteiger partial charge >= 0.3 is 5.97 Å². The van der Waals surface area contributed by atoms with E-state index in [9.17, 15) is 9.32 Å². The Balaban J connectivity index is -0.000000700. The first kappa shape index (κ1) is 55.9. The fourth-order valence-electron chi connectivity index (χ4n) is 5.21. The molecule has 0 bridgehead atoms. The summed E-state index contributed by atoms with van der Waals surface area (Å²) in [6.07, 6.45) is 23.5. The Morgan fingerprint density at radius 2 is 1.75 bits per heavy atom. The van der Waals surface area contributed by atoms with Crippen LogP contribution in [0.2, 0.25) is 0 Å². The van der Waals surface area contributed by atoms with Crippen LogP contribution in [0.3, 0.4) is 0 Å². The van der Waals surface area contributed by atoms with Crippen LogP contribution in [0.15, 0.2) is 28.0 Å². The topological polar surface area (TPSA) is 118 Å². The SMILES string of the molecule is C#C.CC.CC/C=C\C(Cl)CCC(PCC/C=N\C(C)N(C)N)=C(C)C.CCC(C)[C@H](OC(C)(C)C)C(=O)OF.NCCC1CCN(C2CNC2)CC1. The average molecular weight is 792 g/mol. The molecule has 5 atom stereocenters. The van der Waals surface area contributed by atoms with Gasteiger partial charge in [-0.3, -0.25) is 20.7 Å². The maximum absolute atomic E-state index is 11.8. The van der Waals surface area contributed by atoms with Gasteiger partial charge in [-0.05, 0) is 124 Å². The Labute approximate surface area is 332 Å². The van der Waals surface area contributed by atoms with E-state index in [0.29, 0.717) is 0 Å². The number of rotatable bonds is 18. The van der Waals surface area contributed by atoms with E-state index in [0.717, 1.165) is 65.4 Å². The van der Waals surface area contributed by atoms with Crippen LogP contribution in [0.4, 0.5) is 4.53 Å². The average Bonchev–Trinajstić information content (AvgIpc) is 3.11. The van der Waals surface area contributed by atoms with Crippen molar-refractivity contribution in [2.24, 2.45) is 28.4 Å². The highest BCUT2D eigenvalue weighted by Gasteiger charge is 2.31.